The van der Waals surface area contributed by atoms with Crippen molar-refractivity contribution in [1.82, 2.24) is 4.31 Å². The minimum absolute atomic E-state index is 0.212. The first-order chi connectivity index (χ1) is 10.4. The van der Waals surface area contributed by atoms with Crippen LogP contribution in [0, 0.1) is 5.92 Å². The molecule has 9 heteroatoms. The van der Waals surface area contributed by atoms with Gasteiger partial charge in [0.2, 0.25) is 15.9 Å². The van der Waals surface area contributed by atoms with Crippen LogP contribution in [0.15, 0.2) is 11.4 Å². The van der Waals surface area contributed by atoms with Gasteiger partial charge in [-0.3, -0.25) is 4.79 Å². The second-order valence-electron chi connectivity index (χ2n) is 5.40. The minimum atomic E-state index is -3.20. The van der Waals surface area contributed by atoms with E-state index in [0.29, 0.717) is 23.4 Å². The molecule has 0 radical (unpaired) electrons. The molecule has 1 saturated carbocycles. The lowest BCUT2D eigenvalue weighted by Gasteiger charge is -2.37. The predicted octanol–water partition coefficient (Wildman–Crippen LogP) is 0.897. The van der Waals surface area contributed by atoms with Crippen LogP contribution in [0.2, 0.25) is 0 Å². The molecule has 2 heterocycles. The number of carbonyl (C=O) groups is 2. The van der Waals surface area contributed by atoms with Gasteiger partial charge in [0.15, 0.2) is 0 Å². The molecule has 2 aliphatic rings. The maximum absolute atomic E-state index is 12.1. The highest BCUT2D eigenvalue weighted by atomic mass is 32.2. The molecule has 7 nitrogen and oxygen atoms in total. The maximum Gasteiger partial charge on any atom is 0.340 e. The highest BCUT2D eigenvalue weighted by Gasteiger charge is 2.47. The Morgan fingerprint density at radius 3 is 2.64 bits per heavy atom. The molecule has 1 aliphatic carbocycles. The molecule has 0 aromatic carbocycles. The third-order valence-electron chi connectivity index (χ3n) is 3.83. The Kier molecular flexibility index (Phi) is 3.96. The summed E-state index contributed by atoms with van der Waals surface area (Å²) in [6.45, 7) is 0.424. The van der Waals surface area contributed by atoms with Gasteiger partial charge in [0.05, 0.1) is 23.8 Å². The van der Waals surface area contributed by atoms with Gasteiger partial charge in [-0.1, -0.05) is 0 Å². The number of methoxy groups -OCH3 is 1. The summed E-state index contributed by atoms with van der Waals surface area (Å²) in [7, 11) is -1.93. The number of sulfonamides is 1. The molecule has 1 saturated heterocycles. The van der Waals surface area contributed by atoms with Gasteiger partial charge < -0.3 is 10.1 Å². The van der Waals surface area contributed by atoms with E-state index < -0.39 is 16.0 Å². The summed E-state index contributed by atoms with van der Waals surface area (Å²) < 4.78 is 30.0. The lowest BCUT2D eigenvalue weighted by atomic mass is 10.0. The number of thiophene rings is 1. The van der Waals surface area contributed by atoms with E-state index in [1.807, 2.05) is 0 Å². The van der Waals surface area contributed by atoms with E-state index in [1.54, 1.807) is 11.4 Å². The highest BCUT2D eigenvalue weighted by molar-refractivity contribution is 7.90. The summed E-state index contributed by atoms with van der Waals surface area (Å²) in [5.74, 6) is -1.15. The van der Waals surface area contributed by atoms with Gasteiger partial charge in [0.25, 0.3) is 0 Å². The largest absolute Gasteiger partial charge is 0.465 e. The zero-order valence-electron chi connectivity index (χ0n) is 11.9. The summed E-state index contributed by atoms with van der Waals surface area (Å²) in [6.07, 6.45) is 1.43. The van der Waals surface area contributed by atoms with Crippen LogP contribution >= 0.6 is 11.3 Å². The van der Waals surface area contributed by atoms with E-state index in [2.05, 4.69) is 10.1 Å². The smallest absolute Gasteiger partial charge is 0.340 e. The van der Waals surface area contributed by atoms with Gasteiger partial charge in [-0.05, 0) is 24.3 Å². The van der Waals surface area contributed by atoms with Crippen LogP contribution < -0.4 is 5.32 Å². The van der Waals surface area contributed by atoms with Crippen LogP contribution in [0.1, 0.15) is 23.2 Å². The van der Waals surface area contributed by atoms with Crippen molar-refractivity contribution in [2.45, 2.75) is 18.1 Å². The van der Waals surface area contributed by atoms with Crippen molar-refractivity contribution in [3.05, 3.63) is 17.0 Å². The minimum Gasteiger partial charge on any atom is -0.465 e. The van der Waals surface area contributed by atoms with Crippen LogP contribution in [0.25, 0.3) is 0 Å². The SMILES string of the molecule is COC(=O)c1ccsc1NC(=O)C1CN(S(=O)(=O)C2CC2)C1. The lowest BCUT2D eigenvalue weighted by molar-refractivity contribution is -0.122. The van der Waals surface area contributed by atoms with Crippen LogP contribution in [0.4, 0.5) is 5.00 Å². The molecule has 1 aromatic rings. The van der Waals surface area contributed by atoms with E-state index in [-0.39, 0.29) is 30.2 Å². The highest BCUT2D eigenvalue weighted by Crippen LogP contribution is 2.35. The Hall–Kier alpha value is -1.45. The van der Waals surface area contributed by atoms with Crippen molar-refractivity contribution in [3.8, 4) is 0 Å². The molecule has 0 bridgehead atoms. The number of carbonyl (C=O) groups excluding carboxylic acids is 2. The lowest BCUT2D eigenvalue weighted by Crippen LogP contribution is -2.55. The van der Waals surface area contributed by atoms with Gasteiger partial charge in [-0.2, -0.15) is 4.31 Å². The summed E-state index contributed by atoms with van der Waals surface area (Å²) in [4.78, 5) is 23.7. The van der Waals surface area contributed by atoms with Crippen LogP contribution in [-0.4, -0.2) is 50.0 Å². The third-order valence-corrected chi connectivity index (χ3v) is 6.99. The average Bonchev–Trinajstić information content (AvgIpc) is 3.18. The van der Waals surface area contributed by atoms with Crippen molar-refractivity contribution in [3.63, 3.8) is 0 Å². The summed E-state index contributed by atoms with van der Waals surface area (Å²) in [6, 6.07) is 1.58. The molecule has 1 amide bonds. The molecule has 3 rings (SSSR count). The number of ether oxygens (including phenoxy) is 1. The second-order valence-corrected chi connectivity index (χ2v) is 8.53. The molecule has 1 N–H and O–H groups in total. The first-order valence-electron chi connectivity index (χ1n) is 6.89. The summed E-state index contributed by atoms with van der Waals surface area (Å²) in [5, 5.41) is 4.55. The normalized spacial score (nSPS) is 19.5. The quantitative estimate of drug-likeness (QED) is 0.801. The Bertz CT molecular complexity index is 702. The zero-order chi connectivity index (χ0) is 15.9. The van der Waals surface area contributed by atoms with Gasteiger partial charge in [0, 0.05) is 13.1 Å². The van der Waals surface area contributed by atoms with E-state index in [9.17, 15) is 18.0 Å². The third kappa shape index (κ3) is 2.75. The van der Waals surface area contributed by atoms with Crippen molar-refractivity contribution in [2.24, 2.45) is 5.92 Å². The maximum atomic E-state index is 12.1. The predicted molar refractivity (Wildman–Crippen MR) is 81.3 cm³/mol. The first-order valence-corrected chi connectivity index (χ1v) is 9.27. The Morgan fingerprint density at radius 2 is 2.05 bits per heavy atom. The molecule has 0 unspecified atom stereocenters. The van der Waals surface area contributed by atoms with E-state index in [4.69, 9.17) is 0 Å². The molecule has 1 aliphatic heterocycles. The molecular formula is C13H16N2O5S2. The Labute approximate surface area is 132 Å². The molecule has 0 spiro atoms. The molecule has 1 aromatic heterocycles. The van der Waals surface area contributed by atoms with Crippen LogP contribution in [-0.2, 0) is 19.6 Å². The fourth-order valence-electron chi connectivity index (χ4n) is 2.28. The Morgan fingerprint density at radius 1 is 1.36 bits per heavy atom. The number of nitrogens with zero attached hydrogens (tertiary/aromatic N) is 1. The zero-order valence-corrected chi connectivity index (χ0v) is 13.6. The number of amides is 1. The van der Waals surface area contributed by atoms with Crippen molar-refractivity contribution < 1.29 is 22.7 Å². The van der Waals surface area contributed by atoms with Crippen molar-refractivity contribution in [2.75, 3.05) is 25.5 Å². The first kappa shape index (κ1) is 15.4. The second kappa shape index (κ2) is 5.64. The molecule has 2 fully saturated rings. The molecule has 22 heavy (non-hydrogen) atoms. The number of nitrogens with one attached hydrogen (secondary N) is 1. The van der Waals surface area contributed by atoms with Crippen LogP contribution in [0.5, 0.6) is 0 Å². The van der Waals surface area contributed by atoms with Gasteiger partial charge in [-0.15, -0.1) is 11.3 Å². The number of anilines is 1. The number of rotatable bonds is 5. The summed E-state index contributed by atoms with van der Waals surface area (Å²) >= 11 is 1.23. The van der Waals surface area contributed by atoms with Crippen molar-refractivity contribution in [1.29, 1.82) is 0 Å². The topological polar surface area (TPSA) is 92.8 Å². The van der Waals surface area contributed by atoms with E-state index >= 15 is 0 Å². The molecule has 0 atom stereocenters. The number of esters is 1. The molecular weight excluding hydrogens is 328 g/mol. The average molecular weight is 344 g/mol. The van der Waals surface area contributed by atoms with Crippen molar-refractivity contribution >= 4 is 38.2 Å². The van der Waals surface area contributed by atoms with Crippen LogP contribution in [0.3, 0.4) is 0 Å². The molecule has 120 valence electrons. The van der Waals surface area contributed by atoms with E-state index in [0.717, 1.165) is 0 Å². The standard InChI is InChI=1S/C13H16N2O5S2/c1-20-13(17)10-4-5-21-12(10)14-11(16)8-6-15(7-8)22(18,19)9-2-3-9/h4-5,8-9H,2-3,6-7H2,1H3,(H,14,16). The summed E-state index contributed by atoms with van der Waals surface area (Å²) in [5.41, 5.74) is 0.308. The number of hydrogen-bond acceptors (Lipinski definition) is 6. The van der Waals surface area contributed by atoms with E-state index in [1.165, 1.54) is 22.8 Å². The fourth-order valence-corrected chi connectivity index (χ4v) is 4.99. The number of hydrogen-bond donors (Lipinski definition) is 1. The monoisotopic (exact) mass is 344 g/mol. The van der Waals surface area contributed by atoms with Gasteiger partial charge >= 0.3 is 5.97 Å². The van der Waals surface area contributed by atoms with Gasteiger partial charge in [-0.25, -0.2) is 13.2 Å². The van der Waals surface area contributed by atoms with Gasteiger partial charge in [0.1, 0.15) is 5.00 Å². The fraction of sp³-hybridized carbons (Fsp3) is 0.538. The Balaban J connectivity index is 1.58.